The molecule has 2 heteroatoms. The van der Waals surface area contributed by atoms with E-state index in [0.29, 0.717) is 0 Å². The summed E-state index contributed by atoms with van der Waals surface area (Å²) >= 11 is 0. The molecule has 0 saturated carbocycles. The zero-order chi connectivity index (χ0) is 16.9. The summed E-state index contributed by atoms with van der Waals surface area (Å²) in [7, 11) is -2.09. The van der Waals surface area contributed by atoms with E-state index in [0.717, 1.165) is 6.04 Å². The van der Waals surface area contributed by atoms with Gasteiger partial charge in [0.25, 0.3) is 0 Å². The van der Waals surface area contributed by atoms with Gasteiger partial charge < -0.3 is 5.11 Å². The highest BCUT2D eigenvalue weighted by atomic mass is 28.3. The summed E-state index contributed by atoms with van der Waals surface area (Å²) in [6.45, 7) is 11.1. The van der Waals surface area contributed by atoms with E-state index in [-0.39, 0.29) is 17.6 Å². The van der Waals surface area contributed by atoms with E-state index in [2.05, 4.69) is 88.0 Å². The minimum atomic E-state index is -2.09. The minimum Gasteiger partial charge on any atom is -0.396 e. The van der Waals surface area contributed by atoms with E-state index in [9.17, 15) is 5.11 Å². The Morgan fingerprint density at radius 3 is 1.70 bits per heavy atom. The van der Waals surface area contributed by atoms with Crippen LogP contribution in [0.5, 0.6) is 0 Å². The van der Waals surface area contributed by atoms with E-state index in [1.165, 1.54) is 10.4 Å². The van der Waals surface area contributed by atoms with E-state index < -0.39 is 8.07 Å². The Kier molecular flexibility index (Phi) is 5.61. The van der Waals surface area contributed by atoms with Crippen LogP contribution in [0.25, 0.3) is 0 Å². The molecular formula is C21H28OSi. The molecule has 0 fully saturated rings. The van der Waals surface area contributed by atoms with Crippen LogP contribution in [-0.4, -0.2) is 19.8 Å². The normalized spacial score (nSPS) is 13.6. The lowest BCUT2D eigenvalue weighted by molar-refractivity contribution is 0.261. The van der Waals surface area contributed by atoms with Gasteiger partial charge in [0.1, 0.15) is 8.07 Å². The Morgan fingerprint density at radius 1 is 0.957 bits per heavy atom. The van der Waals surface area contributed by atoms with Crippen molar-refractivity contribution < 1.29 is 5.11 Å². The molecule has 1 atom stereocenters. The molecule has 1 nitrogen and oxygen atoms in total. The van der Waals surface area contributed by atoms with Gasteiger partial charge in [-0.05, 0) is 17.0 Å². The van der Waals surface area contributed by atoms with Crippen LogP contribution in [0, 0.1) is 5.92 Å². The van der Waals surface area contributed by atoms with Crippen molar-refractivity contribution in [3.63, 3.8) is 0 Å². The molecule has 23 heavy (non-hydrogen) atoms. The Hall–Kier alpha value is -1.64. The maximum Gasteiger partial charge on any atom is 0.123 e. The summed E-state index contributed by atoms with van der Waals surface area (Å²) in [6, 6.07) is 22.7. The molecule has 0 aromatic heterocycles. The molecule has 1 N–H and O–H groups in total. The Bertz CT molecular complexity index is 574. The van der Waals surface area contributed by atoms with Crippen LogP contribution in [-0.2, 0) is 0 Å². The van der Waals surface area contributed by atoms with Gasteiger partial charge in [-0.25, -0.2) is 0 Å². The van der Waals surface area contributed by atoms with Crippen molar-refractivity contribution in [1.29, 1.82) is 0 Å². The average Bonchev–Trinajstić information content (AvgIpc) is 2.57. The molecule has 0 unspecified atom stereocenters. The summed E-state index contributed by atoms with van der Waals surface area (Å²) in [5, 5.41) is 12.8. The van der Waals surface area contributed by atoms with Crippen LogP contribution >= 0.6 is 0 Å². The molecule has 2 aromatic carbocycles. The molecule has 0 saturated heterocycles. The lowest BCUT2D eigenvalue weighted by Crippen LogP contribution is -2.65. The molecule has 122 valence electrons. The Balaban J connectivity index is 2.72. The number of benzene rings is 2. The second-order valence-corrected chi connectivity index (χ2v) is 12.1. The lowest BCUT2D eigenvalue weighted by atomic mass is 10.2. The fourth-order valence-corrected chi connectivity index (χ4v) is 9.39. The molecule has 0 bridgehead atoms. The van der Waals surface area contributed by atoms with Gasteiger partial charge in [0.2, 0.25) is 0 Å². The quantitative estimate of drug-likeness (QED) is 0.632. The highest BCUT2D eigenvalue weighted by Gasteiger charge is 2.48. The van der Waals surface area contributed by atoms with Crippen LogP contribution in [0.3, 0.4) is 0 Å². The zero-order valence-corrected chi connectivity index (χ0v) is 15.5. The van der Waals surface area contributed by atoms with Crippen molar-refractivity contribution in [3.8, 4) is 0 Å². The first-order chi connectivity index (χ1) is 11.0. The highest BCUT2D eigenvalue weighted by molar-refractivity contribution is 7.04. The number of rotatable bonds is 6. The maximum absolute atomic E-state index is 9.80. The van der Waals surface area contributed by atoms with Gasteiger partial charge in [-0.2, -0.15) is 0 Å². The number of hydrogen-bond donors (Lipinski definition) is 1. The molecule has 2 rings (SSSR count). The molecule has 2 aromatic rings. The SMILES string of the molecule is C=C[C@H](CO)C[Si](c1ccccc1)(c1ccccc1)C(C)(C)C. The molecule has 0 aliphatic rings. The van der Waals surface area contributed by atoms with Crippen LogP contribution in [0.15, 0.2) is 73.3 Å². The van der Waals surface area contributed by atoms with Gasteiger partial charge in [-0.15, -0.1) is 6.58 Å². The topological polar surface area (TPSA) is 20.2 Å². The van der Waals surface area contributed by atoms with Crippen LogP contribution in [0.1, 0.15) is 20.8 Å². The monoisotopic (exact) mass is 324 g/mol. The first-order valence-corrected chi connectivity index (χ1v) is 10.5. The molecule has 0 radical (unpaired) electrons. The van der Waals surface area contributed by atoms with Crippen LogP contribution in [0.2, 0.25) is 11.1 Å². The second-order valence-electron chi connectivity index (χ2n) is 7.27. The van der Waals surface area contributed by atoms with E-state index in [4.69, 9.17) is 0 Å². The van der Waals surface area contributed by atoms with Crippen molar-refractivity contribution in [1.82, 2.24) is 0 Å². The Labute approximate surface area is 141 Å². The van der Waals surface area contributed by atoms with Crippen molar-refractivity contribution in [3.05, 3.63) is 73.3 Å². The van der Waals surface area contributed by atoms with E-state index >= 15 is 0 Å². The van der Waals surface area contributed by atoms with Gasteiger partial charge in [0.15, 0.2) is 0 Å². The Morgan fingerprint density at radius 2 is 1.39 bits per heavy atom. The summed E-state index contributed by atoms with van der Waals surface area (Å²) in [6.07, 6.45) is 1.92. The third kappa shape index (κ3) is 3.49. The number of aliphatic hydroxyl groups excluding tert-OH is 1. The van der Waals surface area contributed by atoms with Gasteiger partial charge in [0.05, 0.1) is 0 Å². The standard InChI is InChI=1S/C21H28OSi/c1-5-18(16-22)17-23(21(2,3)4,19-12-8-6-9-13-19)20-14-10-7-11-15-20/h5-15,18,22H,1,16-17H2,2-4H3/t18-/m1/s1. The predicted molar refractivity (Wildman–Crippen MR) is 103 cm³/mol. The summed E-state index contributed by atoms with van der Waals surface area (Å²) in [4.78, 5) is 0. The van der Waals surface area contributed by atoms with Crippen molar-refractivity contribution in [2.45, 2.75) is 31.9 Å². The van der Waals surface area contributed by atoms with Crippen molar-refractivity contribution in [2.24, 2.45) is 5.92 Å². The largest absolute Gasteiger partial charge is 0.396 e. The molecule has 0 aliphatic carbocycles. The van der Waals surface area contributed by atoms with Gasteiger partial charge in [0, 0.05) is 6.61 Å². The first-order valence-electron chi connectivity index (χ1n) is 8.30. The minimum absolute atomic E-state index is 0.126. The summed E-state index contributed by atoms with van der Waals surface area (Å²) in [5.74, 6) is 0.126. The predicted octanol–water partition coefficient (Wildman–Crippen LogP) is 3.84. The third-order valence-electron chi connectivity index (χ3n) is 4.95. The molecule has 0 aliphatic heterocycles. The van der Waals surface area contributed by atoms with Crippen molar-refractivity contribution in [2.75, 3.05) is 6.61 Å². The molecule has 0 amide bonds. The van der Waals surface area contributed by atoms with E-state index in [1.54, 1.807) is 0 Å². The molecule has 0 heterocycles. The smallest absolute Gasteiger partial charge is 0.123 e. The first kappa shape index (κ1) is 17.7. The summed E-state index contributed by atoms with van der Waals surface area (Å²) < 4.78 is 0. The van der Waals surface area contributed by atoms with Gasteiger partial charge in [-0.1, -0.05) is 97.9 Å². The van der Waals surface area contributed by atoms with E-state index in [1.807, 2.05) is 6.08 Å². The van der Waals surface area contributed by atoms with Crippen LogP contribution in [0.4, 0.5) is 0 Å². The van der Waals surface area contributed by atoms with Gasteiger partial charge in [-0.3, -0.25) is 0 Å². The fraction of sp³-hybridized carbons (Fsp3) is 0.333. The lowest BCUT2D eigenvalue weighted by Gasteiger charge is -2.45. The van der Waals surface area contributed by atoms with Gasteiger partial charge >= 0.3 is 0 Å². The number of hydrogen-bond acceptors (Lipinski definition) is 1. The average molecular weight is 325 g/mol. The maximum atomic E-state index is 9.80. The number of aliphatic hydroxyl groups is 1. The molecular weight excluding hydrogens is 296 g/mol. The van der Waals surface area contributed by atoms with Crippen molar-refractivity contribution >= 4 is 18.4 Å². The van der Waals surface area contributed by atoms with Crippen LogP contribution < -0.4 is 10.4 Å². The third-order valence-corrected chi connectivity index (χ3v) is 11.3. The highest BCUT2D eigenvalue weighted by Crippen LogP contribution is 2.40. The zero-order valence-electron chi connectivity index (χ0n) is 14.5. The fourth-order valence-electron chi connectivity index (χ4n) is 3.64. The second kappa shape index (κ2) is 7.29. The summed E-state index contributed by atoms with van der Waals surface area (Å²) in [5.41, 5.74) is 0. The molecule has 0 spiro atoms.